The van der Waals surface area contributed by atoms with Gasteiger partial charge < -0.3 is 30.6 Å². The van der Waals surface area contributed by atoms with Crippen LogP contribution in [-0.2, 0) is 0 Å². The van der Waals surface area contributed by atoms with Gasteiger partial charge in [0, 0.05) is 0 Å². The number of aliphatic hydroxyl groups excluding tert-OH is 6. The van der Waals surface area contributed by atoms with Crippen molar-refractivity contribution in [2.24, 2.45) is 11.8 Å². The van der Waals surface area contributed by atoms with Crippen molar-refractivity contribution in [2.75, 3.05) is 13.2 Å². The van der Waals surface area contributed by atoms with E-state index >= 15 is 0 Å². The van der Waals surface area contributed by atoms with Gasteiger partial charge in [-0.3, -0.25) is 0 Å². The summed E-state index contributed by atoms with van der Waals surface area (Å²) < 4.78 is 0. The van der Waals surface area contributed by atoms with Crippen molar-refractivity contribution in [3.05, 3.63) is 0 Å². The zero-order valence-electron chi connectivity index (χ0n) is 18.6. The van der Waals surface area contributed by atoms with Gasteiger partial charge in [-0.25, -0.2) is 0 Å². The Balaban J connectivity index is 0. The maximum absolute atomic E-state index is 9.67. The molecule has 0 aliphatic heterocycles. The van der Waals surface area contributed by atoms with Crippen LogP contribution in [0.15, 0.2) is 0 Å². The van der Waals surface area contributed by atoms with Gasteiger partial charge in [-0.2, -0.15) is 0 Å². The highest BCUT2D eigenvalue weighted by molar-refractivity contribution is 4.75. The first-order valence-electron chi connectivity index (χ1n) is 11.3. The van der Waals surface area contributed by atoms with Gasteiger partial charge in [-0.05, 0) is 24.7 Å². The number of rotatable bonds is 16. The second-order valence-electron chi connectivity index (χ2n) is 7.81. The molecule has 0 aliphatic rings. The van der Waals surface area contributed by atoms with Crippen molar-refractivity contribution in [3.8, 4) is 0 Å². The van der Waals surface area contributed by atoms with Gasteiger partial charge in [0.15, 0.2) is 0 Å². The second kappa shape index (κ2) is 20.0. The standard InChI is InChI=1S/2C11H24O3/c2*1-3-5-6-7-9(4-2)11(14)10(13)8-12/h2*9-14H,3-8H2,1-2H3. The summed E-state index contributed by atoms with van der Waals surface area (Å²) in [6, 6.07) is 0. The monoisotopic (exact) mass is 408 g/mol. The third-order valence-electron chi connectivity index (χ3n) is 5.53. The van der Waals surface area contributed by atoms with E-state index in [2.05, 4.69) is 13.8 Å². The van der Waals surface area contributed by atoms with Gasteiger partial charge in [-0.15, -0.1) is 0 Å². The fourth-order valence-electron chi connectivity index (χ4n) is 3.39. The Morgan fingerprint density at radius 3 is 1.07 bits per heavy atom. The molecule has 0 saturated heterocycles. The van der Waals surface area contributed by atoms with Crippen molar-refractivity contribution in [3.63, 3.8) is 0 Å². The van der Waals surface area contributed by atoms with Gasteiger partial charge in [0.25, 0.3) is 0 Å². The molecule has 0 amide bonds. The van der Waals surface area contributed by atoms with Gasteiger partial charge in [-0.1, -0.05) is 79.1 Å². The van der Waals surface area contributed by atoms with Crippen molar-refractivity contribution in [1.82, 2.24) is 0 Å². The SMILES string of the molecule is CCCCCC(CC)C(O)C(O)CO.CCCCCC(CC)C(O)C(O)CO. The first-order valence-corrected chi connectivity index (χ1v) is 11.3. The van der Waals surface area contributed by atoms with E-state index in [0.717, 1.165) is 51.4 Å². The Hall–Kier alpha value is -0.240. The van der Waals surface area contributed by atoms with E-state index in [1.165, 1.54) is 12.8 Å². The van der Waals surface area contributed by atoms with E-state index in [1.807, 2.05) is 13.8 Å². The summed E-state index contributed by atoms with van der Waals surface area (Å²) in [6.07, 6.45) is 6.87. The molecule has 0 spiro atoms. The average Bonchev–Trinajstić information content (AvgIpc) is 2.72. The molecule has 6 atom stereocenters. The molecule has 0 bridgehead atoms. The Bertz CT molecular complexity index is 285. The molecule has 28 heavy (non-hydrogen) atoms. The van der Waals surface area contributed by atoms with Gasteiger partial charge in [0.05, 0.1) is 25.4 Å². The Labute approximate surface area is 172 Å². The summed E-state index contributed by atoms with van der Waals surface area (Å²) in [5, 5.41) is 55.3. The fraction of sp³-hybridized carbons (Fsp3) is 1.00. The van der Waals surface area contributed by atoms with Crippen LogP contribution in [0.2, 0.25) is 0 Å². The Morgan fingerprint density at radius 2 is 0.857 bits per heavy atom. The van der Waals surface area contributed by atoms with E-state index < -0.39 is 24.4 Å². The van der Waals surface area contributed by atoms with Crippen LogP contribution in [0.1, 0.15) is 91.9 Å². The zero-order chi connectivity index (χ0) is 21.9. The number of hydrogen-bond donors (Lipinski definition) is 6. The van der Waals surface area contributed by atoms with Crippen LogP contribution >= 0.6 is 0 Å². The first-order chi connectivity index (χ1) is 13.3. The van der Waals surface area contributed by atoms with E-state index in [1.54, 1.807) is 0 Å². The molecule has 6 unspecified atom stereocenters. The molecule has 0 radical (unpaired) electrons. The molecule has 6 nitrogen and oxygen atoms in total. The van der Waals surface area contributed by atoms with Gasteiger partial charge in [0.2, 0.25) is 0 Å². The lowest BCUT2D eigenvalue weighted by atomic mass is 9.90. The molecule has 0 saturated carbocycles. The molecule has 6 heteroatoms. The third-order valence-corrected chi connectivity index (χ3v) is 5.53. The fourth-order valence-corrected chi connectivity index (χ4v) is 3.39. The van der Waals surface area contributed by atoms with Crippen LogP contribution in [0.4, 0.5) is 0 Å². The van der Waals surface area contributed by atoms with E-state index in [9.17, 15) is 20.4 Å². The summed E-state index contributed by atoms with van der Waals surface area (Å²) in [4.78, 5) is 0. The van der Waals surface area contributed by atoms with Crippen LogP contribution in [0.25, 0.3) is 0 Å². The van der Waals surface area contributed by atoms with Crippen molar-refractivity contribution in [1.29, 1.82) is 0 Å². The second-order valence-corrected chi connectivity index (χ2v) is 7.81. The van der Waals surface area contributed by atoms with Crippen LogP contribution in [-0.4, -0.2) is 68.3 Å². The molecule has 0 heterocycles. The lowest BCUT2D eigenvalue weighted by molar-refractivity contribution is -0.0461. The molecule has 172 valence electrons. The molecular formula is C22H48O6. The van der Waals surface area contributed by atoms with Crippen molar-refractivity contribution < 1.29 is 30.6 Å². The predicted molar refractivity (Wildman–Crippen MR) is 114 cm³/mol. The molecule has 0 fully saturated rings. The maximum Gasteiger partial charge on any atom is 0.103 e. The highest BCUT2D eigenvalue weighted by Crippen LogP contribution is 2.20. The first kappa shape index (κ1) is 30.0. The summed E-state index contributed by atoms with van der Waals surface area (Å²) in [5.74, 6) is 0.229. The lowest BCUT2D eigenvalue weighted by Crippen LogP contribution is -2.35. The molecule has 0 aromatic heterocycles. The Morgan fingerprint density at radius 1 is 0.536 bits per heavy atom. The minimum Gasteiger partial charge on any atom is -0.394 e. The van der Waals surface area contributed by atoms with Gasteiger partial charge in [0.1, 0.15) is 12.2 Å². The minimum absolute atomic E-state index is 0.115. The normalized spacial score (nSPS) is 17.8. The van der Waals surface area contributed by atoms with Gasteiger partial charge >= 0.3 is 0 Å². The van der Waals surface area contributed by atoms with Crippen molar-refractivity contribution >= 4 is 0 Å². The number of hydrogen-bond acceptors (Lipinski definition) is 6. The predicted octanol–water partition coefficient (Wildman–Crippen LogP) is 2.61. The highest BCUT2D eigenvalue weighted by Gasteiger charge is 2.24. The number of unbranched alkanes of at least 4 members (excludes halogenated alkanes) is 4. The molecule has 6 N–H and O–H groups in total. The van der Waals surface area contributed by atoms with Crippen molar-refractivity contribution in [2.45, 2.75) is 116 Å². The topological polar surface area (TPSA) is 121 Å². The lowest BCUT2D eigenvalue weighted by Gasteiger charge is -2.24. The molecule has 0 aromatic rings. The molecular weight excluding hydrogens is 360 g/mol. The quantitative estimate of drug-likeness (QED) is 0.218. The van der Waals surface area contributed by atoms with Crippen LogP contribution < -0.4 is 0 Å². The van der Waals surface area contributed by atoms with Crippen LogP contribution in [0.3, 0.4) is 0 Å². The smallest absolute Gasteiger partial charge is 0.103 e. The summed E-state index contributed by atoms with van der Waals surface area (Å²) in [5.41, 5.74) is 0. The summed E-state index contributed by atoms with van der Waals surface area (Å²) >= 11 is 0. The number of aliphatic hydroxyl groups is 6. The van der Waals surface area contributed by atoms with E-state index in [-0.39, 0.29) is 25.0 Å². The minimum atomic E-state index is -0.985. The highest BCUT2D eigenvalue weighted by atomic mass is 16.4. The molecule has 0 aromatic carbocycles. The van der Waals surface area contributed by atoms with E-state index in [4.69, 9.17) is 10.2 Å². The summed E-state index contributed by atoms with van der Waals surface area (Å²) in [6.45, 7) is 7.57. The third kappa shape index (κ3) is 13.9. The van der Waals surface area contributed by atoms with Crippen LogP contribution in [0.5, 0.6) is 0 Å². The summed E-state index contributed by atoms with van der Waals surface area (Å²) in [7, 11) is 0. The largest absolute Gasteiger partial charge is 0.394 e. The maximum atomic E-state index is 9.67. The van der Waals surface area contributed by atoms with E-state index in [0.29, 0.717) is 0 Å². The Kier molecular flexibility index (Phi) is 21.5. The molecule has 0 aliphatic carbocycles. The molecule has 0 rings (SSSR count). The zero-order valence-corrected chi connectivity index (χ0v) is 18.6. The van der Waals surface area contributed by atoms with Crippen LogP contribution in [0, 0.1) is 11.8 Å². The average molecular weight is 409 g/mol.